The molecule has 1 N–H and O–H groups in total. The van der Waals surface area contributed by atoms with Crippen LogP contribution in [0.3, 0.4) is 0 Å². The fourth-order valence-electron chi connectivity index (χ4n) is 1.89. The van der Waals surface area contributed by atoms with Gasteiger partial charge in [-0.15, -0.1) is 10.2 Å². The number of nitrogens with zero attached hydrogens (tertiary/aromatic N) is 4. The zero-order valence-corrected chi connectivity index (χ0v) is 12.2. The molecule has 2 heterocycles. The van der Waals surface area contributed by atoms with Crippen LogP contribution in [0.25, 0.3) is 5.82 Å². The van der Waals surface area contributed by atoms with E-state index >= 15 is 0 Å². The summed E-state index contributed by atoms with van der Waals surface area (Å²) in [5.41, 5.74) is 1.09. The number of halogens is 1. The summed E-state index contributed by atoms with van der Waals surface area (Å²) in [6, 6.07) is 10.7. The third-order valence-electron chi connectivity index (χ3n) is 3.05. The van der Waals surface area contributed by atoms with E-state index in [4.69, 9.17) is 11.6 Å². The van der Waals surface area contributed by atoms with Crippen molar-refractivity contribution < 1.29 is 4.79 Å². The highest BCUT2D eigenvalue weighted by Crippen LogP contribution is 2.14. The van der Waals surface area contributed by atoms with Gasteiger partial charge in [0.05, 0.1) is 0 Å². The minimum absolute atomic E-state index is 0.246. The first kappa shape index (κ1) is 14.2. The molecule has 0 atom stereocenters. The first-order chi connectivity index (χ1) is 10.7. The Balaban J connectivity index is 1.67. The van der Waals surface area contributed by atoms with E-state index in [1.54, 1.807) is 41.5 Å². The number of nitrogens with one attached hydrogen (secondary N) is 1. The van der Waals surface area contributed by atoms with E-state index in [1.165, 1.54) is 0 Å². The molecule has 0 unspecified atom stereocenters. The Morgan fingerprint density at radius 1 is 1.18 bits per heavy atom. The molecule has 6 nitrogen and oxygen atoms in total. The average molecular weight is 314 g/mol. The molecule has 0 fully saturated rings. The molecule has 0 bridgehead atoms. The summed E-state index contributed by atoms with van der Waals surface area (Å²) in [6.07, 6.45) is 5.01. The fourth-order valence-corrected chi connectivity index (χ4v) is 2.09. The Kier molecular flexibility index (Phi) is 4.11. The van der Waals surface area contributed by atoms with E-state index in [0.29, 0.717) is 17.4 Å². The summed E-state index contributed by atoms with van der Waals surface area (Å²) < 4.78 is 1.71. The minimum Gasteiger partial charge on any atom is -0.347 e. The number of carbonyl (C=O) groups excluding carboxylic acids is 1. The lowest BCUT2D eigenvalue weighted by Gasteiger charge is -2.06. The van der Waals surface area contributed by atoms with Crippen molar-refractivity contribution in [2.45, 2.75) is 6.54 Å². The Morgan fingerprint density at radius 3 is 2.73 bits per heavy atom. The quantitative estimate of drug-likeness (QED) is 0.802. The van der Waals surface area contributed by atoms with Gasteiger partial charge in [0.25, 0.3) is 5.91 Å². The number of imidazole rings is 1. The molecule has 0 radical (unpaired) electrons. The summed E-state index contributed by atoms with van der Waals surface area (Å²) in [5.74, 6) is 0.296. The van der Waals surface area contributed by atoms with Crippen LogP contribution in [-0.4, -0.2) is 25.7 Å². The van der Waals surface area contributed by atoms with Crippen LogP contribution in [0.15, 0.2) is 55.1 Å². The predicted octanol–water partition coefficient (Wildman–Crippen LogP) is 2.25. The predicted molar refractivity (Wildman–Crippen MR) is 81.8 cm³/mol. The van der Waals surface area contributed by atoms with Crippen molar-refractivity contribution in [3.8, 4) is 5.82 Å². The van der Waals surface area contributed by atoms with Gasteiger partial charge in [-0.3, -0.25) is 9.36 Å². The molecule has 1 amide bonds. The number of hydrogen-bond donors (Lipinski definition) is 1. The van der Waals surface area contributed by atoms with E-state index in [1.807, 2.05) is 18.2 Å². The lowest BCUT2D eigenvalue weighted by atomic mass is 10.2. The highest BCUT2D eigenvalue weighted by Gasteiger charge is 2.09. The van der Waals surface area contributed by atoms with Gasteiger partial charge < -0.3 is 5.32 Å². The molecular weight excluding hydrogens is 302 g/mol. The Hall–Kier alpha value is -2.73. The number of amides is 1. The van der Waals surface area contributed by atoms with Gasteiger partial charge in [-0.25, -0.2) is 4.98 Å². The number of benzene rings is 1. The van der Waals surface area contributed by atoms with Crippen LogP contribution in [0.1, 0.15) is 16.1 Å². The smallest absolute Gasteiger partial charge is 0.272 e. The molecular formula is C15H12ClN5O. The SMILES string of the molecule is O=C(NCc1ccccc1Cl)c1ccc(-n2ccnc2)nn1. The van der Waals surface area contributed by atoms with Gasteiger partial charge in [0.2, 0.25) is 0 Å². The van der Waals surface area contributed by atoms with Crippen molar-refractivity contribution in [2.24, 2.45) is 0 Å². The van der Waals surface area contributed by atoms with Crippen molar-refractivity contribution in [3.05, 3.63) is 71.4 Å². The van der Waals surface area contributed by atoms with Crippen LogP contribution in [-0.2, 0) is 6.54 Å². The van der Waals surface area contributed by atoms with Crippen LogP contribution in [0.2, 0.25) is 5.02 Å². The Morgan fingerprint density at radius 2 is 2.05 bits per heavy atom. The molecule has 110 valence electrons. The standard InChI is InChI=1S/C15H12ClN5O/c16-12-4-2-1-3-11(12)9-18-15(22)13-5-6-14(20-19-13)21-8-7-17-10-21/h1-8,10H,9H2,(H,18,22). The molecule has 1 aromatic carbocycles. The van der Waals surface area contributed by atoms with Gasteiger partial charge in [0, 0.05) is 24.0 Å². The van der Waals surface area contributed by atoms with E-state index in [0.717, 1.165) is 5.56 Å². The van der Waals surface area contributed by atoms with Crippen molar-refractivity contribution >= 4 is 17.5 Å². The van der Waals surface area contributed by atoms with E-state index in [-0.39, 0.29) is 11.6 Å². The molecule has 3 aromatic rings. The molecule has 0 saturated heterocycles. The molecule has 2 aromatic heterocycles. The van der Waals surface area contributed by atoms with Gasteiger partial charge in [0.1, 0.15) is 6.33 Å². The second-order valence-corrected chi connectivity index (χ2v) is 4.93. The van der Waals surface area contributed by atoms with Crippen LogP contribution < -0.4 is 5.32 Å². The summed E-state index contributed by atoms with van der Waals surface area (Å²) >= 11 is 6.04. The molecule has 7 heteroatoms. The molecule has 0 aliphatic carbocycles. The normalized spacial score (nSPS) is 10.4. The lowest BCUT2D eigenvalue weighted by Crippen LogP contribution is -2.24. The summed E-state index contributed by atoms with van der Waals surface area (Å²) in [7, 11) is 0. The van der Waals surface area contributed by atoms with Gasteiger partial charge >= 0.3 is 0 Å². The number of rotatable bonds is 4. The molecule has 0 saturated carbocycles. The monoisotopic (exact) mass is 313 g/mol. The summed E-state index contributed by atoms with van der Waals surface area (Å²) in [6.45, 7) is 0.337. The molecule has 3 rings (SSSR count). The highest BCUT2D eigenvalue weighted by molar-refractivity contribution is 6.31. The lowest BCUT2D eigenvalue weighted by molar-refractivity contribution is 0.0945. The average Bonchev–Trinajstić information content (AvgIpc) is 3.08. The van der Waals surface area contributed by atoms with Crippen LogP contribution in [0, 0.1) is 0 Å². The van der Waals surface area contributed by atoms with Gasteiger partial charge in [-0.05, 0) is 23.8 Å². The van der Waals surface area contributed by atoms with Gasteiger partial charge in [-0.1, -0.05) is 29.8 Å². The Labute approximate surface area is 131 Å². The molecule has 22 heavy (non-hydrogen) atoms. The second-order valence-electron chi connectivity index (χ2n) is 4.52. The van der Waals surface area contributed by atoms with Crippen LogP contribution >= 0.6 is 11.6 Å². The largest absolute Gasteiger partial charge is 0.347 e. The fraction of sp³-hybridized carbons (Fsp3) is 0.0667. The maximum atomic E-state index is 12.1. The highest BCUT2D eigenvalue weighted by atomic mass is 35.5. The third-order valence-corrected chi connectivity index (χ3v) is 3.42. The molecule has 0 aliphatic heterocycles. The zero-order chi connectivity index (χ0) is 15.4. The van der Waals surface area contributed by atoms with E-state index < -0.39 is 0 Å². The molecule has 0 spiro atoms. The summed E-state index contributed by atoms with van der Waals surface area (Å²) in [4.78, 5) is 16.0. The topological polar surface area (TPSA) is 72.7 Å². The van der Waals surface area contributed by atoms with Crippen molar-refractivity contribution in [2.75, 3.05) is 0 Å². The number of carbonyl (C=O) groups is 1. The van der Waals surface area contributed by atoms with Crippen molar-refractivity contribution in [1.82, 2.24) is 25.1 Å². The number of aromatic nitrogens is 4. The van der Waals surface area contributed by atoms with Gasteiger partial charge in [0.15, 0.2) is 11.5 Å². The maximum absolute atomic E-state index is 12.1. The first-order valence-corrected chi connectivity index (χ1v) is 6.95. The first-order valence-electron chi connectivity index (χ1n) is 6.58. The number of hydrogen-bond acceptors (Lipinski definition) is 4. The summed E-state index contributed by atoms with van der Waals surface area (Å²) in [5, 5.41) is 11.3. The van der Waals surface area contributed by atoms with E-state index in [9.17, 15) is 4.79 Å². The van der Waals surface area contributed by atoms with Crippen LogP contribution in [0.4, 0.5) is 0 Å². The minimum atomic E-state index is -0.301. The van der Waals surface area contributed by atoms with E-state index in [2.05, 4.69) is 20.5 Å². The van der Waals surface area contributed by atoms with Crippen molar-refractivity contribution in [1.29, 1.82) is 0 Å². The Bertz CT molecular complexity index is 771. The molecule has 0 aliphatic rings. The third kappa shape index (κ3) is 3.12. The van der Waals surface area contributed by atoms with Crippen molar-refractivity contribution in [3.63, 3.8) is 0 Å². The maximum Gasteiger partial charge on any atom is 0.272 e. The zero-order valence-electron chi connectivity index (χ0n) is 11.5. The van der Waals surface area contributed by atoms with Crippen LogP contribution in [0.5, 0.6) is 0 Å². The van der Waals surface area contributed by atoms with Gasteiger partial charge in [-0.2, -0.15) is 0 Å². The second kappa shape index (κ2) is 6.36.